The van der Waals surface area contributed by atoms with Crippen molar-refractivity contribution in [1.82, 2.24) is 0 Å². The lowest BCUT2D eigenvalue weighted by Crippen LogP contribution is -2.01. The van der Waals surface area contributed by atoms with Gasteiger partial charge in [0.25, 0.3) is 0 Å². The third-order valence-corrected chi connectivity index (χ3v) is 1.75. The monoisotopic (exact) mass is 180 g/mol. The average molecular weight is 180 g/mol. The molecule has 0 spiro atoms. The molecule has 1 aliphatic rings. The maximum absolute atomic E-state index is 10.9. The Morgan fingerprint density at radius 1 is 1.54 bits per heavy atom. The number of esters is 1. The van der Waals surface area contributed by atoms with Crippen LogP contribution in [0.2, 0.25) is 0 Å². The molecule has 0 atom stereocenters. The molecular formula is C10H12O3. The largest absolute Gasteiger partial charge is 0.496 e. The molecule has 0 aromatic heterocycles. The zero-order chi connectivity index (χ0) is 9.68. The van der Waals surface area contributed by atoms with Crippen LogP contribution in [0.4, 0.5) is 0 Å². The standard InChI is InChI=1S/C10H12O3/c1-12-9-6-4-3-5-8(9)7-10(11)13-2/h3-4,6-7H,5H2,1-2H3/b8-7+. The fourth-order valence-electron chi connectivity index (χ4n) is 1.09. The fourth-order valence-corrected chi connectivity index (χ4v) is 1.09. The van der Waals surface area contributed by atoms with E-state index in [0.29, 0.717) is 12.2 Å². The Labute approximate surface area is 77.3 Å². The third kappa shape index (κ3) is 2.47. The summed E-state index contributed by atoms with van der Waals surface area (Å²) < 4.78 is 9.61. The van der Waals surface area contributed by atoms with Gasteiger partial charge in [-0.05, 0) is 12.5 Å². The van der Waals surface area contributed by atoms with Crippen LogP contribution in [0, 0.1) is 0 Å². The van der Waals surface area contributed by atoms with Gasteiger partial charge in [0.1, 0.15) is 5.76 Å². The summed E-state index contributed by atoms with van der Waals surface area (Å²) in [4.78, 5) is 10.9. The van der Waals surface area contributed by atoms with Crippen molar-refractivity contribution < 1.29 is 14.3 Å². The molecule has 0 bridgehead atoms. The molecule has 0 fully saturated rings. The smallest absolute Gasteiger partial charge is 0.330 e. The lowest BCUT2D eigenvalue weighted by Gasteiger charge is -2.11. The first-order valence-electron chi connectivity index (χ1n) is 3.97. The number of ether oxygens (including phenoxy) is 2. The van der Waals surface area contributed by atoms with Crippen molar-refractivity contribution in [3.63, 3.8) is 0 Å². The van der Waals surface area contributed by atoms with Gasteiger partial charge in [-0.15, -0.1) is 0 Å². The summed E-state index contributed by atoms with van der Waals surface area (Å²) in [5.74, 6) is 0.362. The molecule has 70 valence electrons. The summed E-state index contributed by atoms with van der Waals surface area (Å²) in [6, 6.07) is 0. The van der Waals surface area contributed by atoms with E-state index in [0.717, 1.165) is 5.57 Å². The minimum atomic E-state index is -0.353. The molecular weight excluding hydrogens is 168 g/mol. The van der Waals surface area contributed by atoms with Crippen molar-refractivity contribution in [2.45, 2.75) is 6.42 Å². The Bertz CT molecular complexity index is 285. The zero-order valence-electron chi connectivity index (χ0n) is 7.74. The molecule has 0 N–H and O–H groups in total. The van der Waals surface area contributed by atoms with E-state index in [1.807, 2.05) is 18.2 Å². The number of carbonyl (C=O) groups excluding carboxylic acids is 1. The number of rotatable bonds is 2. The Balaban J connectivity index is 2.81. The normalized spacial score (nSPS) is 18.3. The molecule has 1 rings (SSSR count). The molecule has 0 aromatic carbocycles. The predicted molar refractivity (Wildman–Crippen MR) is 48.9 cm³/mol. The molecule has 0 unspecified atom stereocenters. The Morgan fingerprint density at radius 3 is 2.92 bits per heavy atom. The predicted octanol–water partition coefficient (Wildman–Crippen LogP) is 1.58. The van der Waals surface area contributed by atoms with Gasteiger partial charge in [-0.25, -0.2) is 4.79 Å². The molecule has 0 saturated carbocycles. The Hall–Kier alpha value is -1.51. The summed E-state index contributed by atoms with van der Waals surface area (Å²) in [6.07, 6.45) is 7.82. The van der Waals surface area contributed by atoms with Gasteiger partial charge in [0.2, 0.25) is 0 Å². The minimum absolute atomic E-state index is 0.353. The number of hydrogen-bond acceptors (Lipinski definition) is 3. The van der Waals surface area contributed by atoms with E-state index in [4.69, 9.17) is 4.74 Å². The van der Waals surface area contributed by atoms with Crippen molar-refractivity contribution in [1.29, 1.82) is 0 Å². The summed E-state index contributed by atoms with van der Waals surface area (Å²) >= 11 is 0. The van der Waals surface area contributed by atoms with Crippen molar-refractivity contribution in [2.75, 3.05) is 14.2 Å². The second-order valence-corrected chi connectivity index (χ2v) is 2.56. The van der Waals surface area contributed by atoms with Crippen LogP contribution in [0.5, 0.6) is 0 Å². The van der Waals surface area contributed by atoms with Crippen molar-refractivity contribution in [3.05, 3.63) is 35.6 Å². The lowest BCUT2D eigenvalue weighted by atomic mass is 10.1. The highest BCUT2D eigenvalue weighted by Gasteiger charge is 2.08. The van der Waals surface area contributed by atoms with Gasteiger partial charge in [-0.2, -0.15) is 0 Å². The molecule has 1 aliphatic carbocycles. The first kappa shape index (κ1) is 9.58. The number of methoxy groups -OCH3 is 2. The maximum atomic E-state index is 10.9. The first-order chi connectivity index (χ1) is 6.27. The van der Waals surface area contributed by atoms with Crippen LogP contribution >= 0.6 is 0 Å². The van der Waals surface area contributed by atoms with Gasteiger partial charge in [0, 0.05) is 11.6 Å². The molecule has 3 heteroatoms. The molecule has 0 radical (unpaired) electrons. The summed E-state index contributed by atoms with van der Waals surface area (Å²) in [7, 11) is 2.93. The highest BCUT2D eigenvalue weighted by atomic mass is 16.5. The molecule has 0 aliphatic heterocycles. The lowest BCUT2D eigenvalue weighted by molar-refractivity contribution is -0.134. The van der Waals surface area contributed by atoms with Crippen LogP contribution in [-0.4, -0.2) is 20.2 Å². The van der Waals surface area contributed by atoms with Crippen LogP contribution in [0.3, 0.4) is 0 Å². The highest BCUT2D eigenvalue weighted by molar-refractivity contribution is 5.83. The van der Waals surface area contributed by atoms with E-state index >= 15 is 0 Å². The summed E-state index contributed by atoms with van der Waals surface area (Å²) in [5.41, 5.74) is 0.844. The number of carbonyl (C=O) groups is 1. The maximum Gasteiger partial charge on any atom is 0.330 e. The summed E-state index contributed by atoms with van der Waals surface area (Å²) in [6.45, 7) is 0. The molecule has 0 amide bonds. The van der Waals surface area contributed by atoms with Crippen LogP contribution in [0.1, 0.15) is 6.42 Å². The molecule has 3 nitrogen and oxygen atoms in total. The van der Waals surface area contributed by atoms with Crippen molar-refractivity contribution in [3.8, 4) is 0 Å². The van der Waals surface area contributed by atoms with Crippen LogP contribution < -0.4 is 0 Å². The second kappa shape index (κ2) is 4.50. The van der Waals surface area contributed by atoms with Gasteiger partial charge in [0.15, 0.2) is 0 Å². The van der Waals surface area contributed by atoms with Crippen LogP contribution in [-0.2, 0) is 14.3 Å². The van der Waals surface area contributed by atoms with Crippen LogP contribution in [0.25, 0.3) is 0 Å². The highest BCUT2D eigenvalue weighted by Crippen LogP contribution is 2.19. The van der Waals surface area contributed by atoms with E-state index in [2.05, 4.69) is 4.74 Å². The first-order valence-corrected chi connectivity index (χ1v) is 3.97. The average Bonchev–Trinajstić information content (AvgIpc) is 2.18. The van der Waals surface area contributed by atoms with Crippen molar-refractivity contribution in [2.24, 2.45) is 0 Å². The third-order valence-electron chi connectivity index (χ3n) is 1.75. The zero-order valence-corrected chi connectivity index (χ0v) is 7.74. The second-order valence-electron chi connectivity index (χ2n) is 2.56. The van der Waals surface area contributed by atoms with Crippen molar-refractivity contribution >= 4 is 5.97 Å². The van der Waals surface area contributed by atoms with Gasteiger partial charge < -0.3 is 9.47 Å². The summed E-state index contributed by atoms with van der Waals surface area (Å²) in [5, 5.41) is 0. The number of allylic oxidation sites excluding steroid dienone is 4. The van der Waals surface area contributed by atoms with Gasteiger partial charge in [-0.1, -0.05) is 12.2 Å². The topological polar surface area (TPSA) is 35.5 Å². The van der Waals surface area contributed by atoms with E-state index in [1.165, 1.54) is 13.2 Å². The SMILES string of the molecule is COC(=O)/C=C1\CC=CC=C1OC. The van der Waals surface area contributed by atoms with Gasteiger partial charge in [-0.3, -0.25) is 0 Å². The van der Waals surface area contributed by atoms with E-state index < -0.39 is 0 Å². The Morgan fingerprint density at radius 2 is 2.31 bits per heavy atom. The van der Waals surface area contributed by atoms with Crippen LogP contribution in [0.15, 0.2) is 35.6 Å². The molecule has 0 heterocycles. The van der Waals surface area contributed by atoms with Gasteiger partial charge >= 0.3 is 5.97 Å². The quantitative estimate of drug-likeness (QED) is 0.478. The molecule has 13 heavy (non-hydrogen) atoms. The fraction of sp³-hybridized carbons (Fsp3) is 0.300. The Kier molecular flexibility index (Phi) is 3.31. The van der Waals surface area contributed by atoms with Gasteiger partial charge in [0.05, 0.1) is 14.2 Å². The van der Waals surface area contributed by atoms with E-state index in [1.54, 1.807) is 7.11 Å². The van der Waals surface area contributed by atoms with E-state index in [9.17, 15) is 4.79 Å². The minimum Gasteiger partial charge on any atom is -0.496 e. The number of hydrogen-bond donors (Lipinski definition) is 0. The molecule has 0 aromatic rings. The van der Waals surface area contributed by atoms with E-state index in [-0.39, 0.29) is 5.97 Å². The molecule has 0 saturated heterocycles.